The van der Waals surface area contributed by atoms with Gasteiger partial charge in [-0.05, 0) is 48.9 Å². The maximum absolute atomic E-state index is 12.9. The normalized spacial score (nSPS) is 10.3. The number of benzene rings is 2. The number of para-hydroxylation sites is 2. The van der Waals surface area contributed by atoms with E-state index < -0.39 is 17.8 Å². The molecule has 1 aromatic heterocycles. The fraction of sp³-hybridized carbons (Fsp3) is 0.174. The van der Waals surface area contributed by atoms with Crippen molar-refractivity contribution < 1.29 is 28.6 Å². The van der Waals surface area contributed by atoms with Gasteiger partial charge in [0.2, 0.25) is 0 Å². The van der Waals surface area contributed by atoms with Crippen LogP contribution in [0.15, 0.2) is 48.5 Å². The van der Waals surface area contributed by atoms with Crippen molar-refractivity contribution in [3.63, 3.8) is 0 Å². The minimum atomic E-state index is -0.672. The molecule has 2 aromatic carbocycles. The van der Waals surface area contributed by atoms with Crippen LogP contribution >= 0.6 is 22.9 Å². The lowest BCUT2D eigenvalue weighted by molar-refractivity contribution is -0.118. The number of hydrogen-bond donors (Lipinski definition) is 2. The number of ether oxygens (including phenoxy) is 3. The highest BCUT2D eigenvalue weighted by Gasteiger charge is 2.27. The van der Waals surface area contributed by atoms with Gasteiger partial charge in [0.15, 0.2) is 6.61 Å². The minimum Gasteiger partial charge on any atom is -0.495 e. The van der Waals surface area contributed by atoms with Crippen LogP contribution in [0.1, 0.15) is 25.6 Å². The first-order valence-electron chi connectivity index (χ1n) is 9.68. The Morgan fingerprint density at radius 3 is 2.36 bits per heavy atom. The van der Waals surface area contributed by atoms with Crippen molar-refractivity contribution in [1.82, 2.24) is 0 Å². The molecular weight excluding hydrogens is 468 g/mol. The predicted molar refractivity (Wildman–Crippen MR) is 127 cm³/mol. The summed E-state index contributed by atoms with van der Waals surface area (Å²) >= 11 is 6.80. The lowest BCUT2D eigenvalue weighted by atomic mass is 10.1. The molecule has 3 aromatic rings. The van der Waals surface area contributed by atoms with Gasteiger partial charge in [-0.15, -0.1) is 11.3 Å². The molecule has 172 valence electrons. The van der Waals surface area contributed by atoms with Crippen LogP contribution in [0, 0.1) is 6.92 Å². The first-order valence-corrected chi connectivity index (χ1v) is 10.9. The highest BCUT2D eigenvalue weighted by molar-refractivity contribution is 7.19. The van der Waals surface area contributed by atoms with E-state index in [1.54, 1.807) is 55.5 Å². The number of carbonyl (C=O) groups excluding carboxylic acids is 3. The second-order valence-electron chi connectivity index (χ2n) is 6.70. The number of amides is 2. The Labute approximate surface area is 199 Å². The van der Waals surface area contributed by atoms with Crippen LogP contribution < -0.4 is 20.1 Å². The highest BCUT2D eigenvalue weighted by Crippen LogP contribution is 2.35. The van der Waals surface area contributed by atoms with Gasteiger partial charge in [-0.1, -0.05) is 23.7 Å². The largest absolute Gasteiger partial charge is 0.495 e. The SMILES string of the molecule is COC(=O)c1c(NC(=O)COc2ccc(Cl)cc2)sc(C(=O)Nc2ccccc2OC)c1C. The molecule has 1 heterocycles. The first-order chi connectivity index (χ1) is 15.8. The van der Waals surface area contributed by atoms with E-state index in [1.165, 1.54) is 14.2 Å². The number of anilines is 2. The average Bonchev–Trinajstić information content (AvgIpc) is 3.14. The molecule has 2 amide bonds. The summed E-state index contributed by atoms with van der Waals surface area (Å²) in [5.41, 5.74) is 0.958. The van der Waals surface area contributed by atoms with Crippen LogP contribution in [0.4, 0.5) is 10.7 Å². The van der Waals surface area contributed by atoms with E-state index in [0.717, 1.165) is 11.3 Å². The van der Waals surface area contributed by atoms with Crippen molar-refractivity contribution in [3.05, 3.63) is 69.6 Å². The van der Waals surface area contributed by atoms with E-state index in [9.17, 15) is 14.4 Å². The fourth-order valence-corrected chi connectivity index (χ4v) is 4.17. The van der Waals surface area contributed by atoms with Crippen LogP contribution in [-0.2, 0) is 9.53 Å². The van der Waals surface area contributed by atoms with Crippen LogP contribution in [0.25, 0.3) is 0 Å². The van der Waals surface area contributed by atoms with Crippen molar-refractivity contribution in [3.8, 4) is 11.5 Å². The maximum atomic E-state index is 12.9. The summed E-state index contributed by atoms with van der Waals surface area (Å²) in [5.74, 6) is -0.685. The molecule has 2 N–H and O–H groups in total. The number of carbonyl (C=O) groups is 3. The van der Waals surface area contributed by atoms with E-state index >= 15 is 0 Å². The molecule has 0 radical (unpaired) electrons. The van der Waals surface area contributed by atoms with Crippen LogP contribution in [0.5, 0.6) is 11.5 Å². The molecule has 0 spiro atoms. The molecule has 0 saturated heterocycles. The quantitative estimate of drug-likeness (QED) is 0.442. The molecule has 0 unspecified atom stereocenters. The summed E-state index contributed by atoms with van der Waals surface area (Å²) in [5, 5.41) is 6.13. The summed E-state index contributed by atoms with van der Waals surface area (Å²) in [6.07, 6.45) is 0. The lowest BCUT2D eigenvalue weighted by Crippen LogP contribution is -2.21. The monoisotopic (exact) mass is 488 g/mol. The van der Waals surface area contributed by atoms with E-state index in [-0.39, 0.29) is 22.0 Å². The standard InChI is InChI=1S/C23H21ClN2O6S/c1-13-19(23(29)31-3)22(26-18(27)12-32-15-10-8-14(24)9-11-15)33-20(13)21(28)25-16-6-4-5-7-17(16)30-2/h4-11H,12H2,1-3H3,(H,25,28)(H,26,27). The number of esters is 1. The minimum absolute atomic E-state index is 0.104. The van der Waals surface area contributed by atoms with Gasteiger partial charge in [0.1, 0.15) is 16.5 Å². The highest BCUT2D eigenvalue weighted by atomic mass is 35.5. The summed E-state index contributed by atoms with van der Waals surface area (Å²) in [4.78, 5) is 38.0. The molecule has 0 aliphatic carbocycles. The van der Waals surface area contributed by atoms with Gasteiger partial charge in [-0.3, -0.25) is 9.59 Å². The van der Waals surface area contributed by atoms with Crippen LogP contribution in [0.2, 0.25) is 5.02 Å². The molecule has 0 atom stereocenters. The second kappa shape index (κ2) is 10.8. The van der Waals surface area contributed by atoms with Crippen molar-refractivity contribution in [2.75, 3.05) is 31.5 Å². The number of hydrogen-bond acceptors (Lipinski definition) is 7. The zero-order valence-corrected chi connectivity index (χ0v) is 19.6. The smallest absolute Gasteiger partial charge is 0.341 e. The van der Waals surface area contributed by atoms with Gasteiger partial charge in [0, 0.05) is 5.02 Å². The summed E-state index contributed by atoms with van der Waals surface area (Å²) in [6.45, 7) is 1.31. The van der Waals surface area contributed by atoms with Gasteiger partial charge in [0.05, 0.1) is 30.3 Å². The number of methoxy groups -OCH3 is 2. The Kier molecular flexibility index (Phi) is 7.92. The van der Waals surface area contributed by atoms with Gasteiger partial charge >= 0.3 is 5.97 Å². The third kappa shape index (κ3) is 5.82. The van der Waals surface area contributed by atoms with E-state index in [1.807, 2.05) is 0 Å². The van der Waals surface area contributed by atoms with E-state index in [0.29, 0.717) is 27.8 Å². The molecule has 0 bridgehead atoms. The molecule has 8 nitrogen and oxygen atoms in total. The number of thiophene rings is 1. The molecule has 3 rings (SSSR count). The fourth-order valence-electron chi connectivity index (χ4n) is 2.94. The lowest BCUT2D eigenvalue weighted by Gasteiger charge is -2.09. The second-order valence-corrected chi connectivity index (χ2v) is 8.15. The average molecular weight is 489 g/mol. The summed E-state index contributed by atoms with van der Waals surface area (Å²) in [7, 11) is 2.72. The molecule has 0 aliphatic heterocycles. The topological polar surface area (TPSA) is 103 Å². The number of rotatable bonds is 8. The molecular formula is C23H21ClN2O6S. The Bertz CT molecular complexity index is 1180. The Hall–Kier alpha value is -3.56. The number of halogens is 1. The Balaban J connectivity index is 1.80. The van der Waals surface area contributed by atoms with Crippen molar-refractivity contribution in [2.45, 2.75) is 6.92 Å². The molecule has 0 fully saturated rings. The van der Waals surface area contributed by atoms with E-state index in [4.69, 9.17) is 25.8 Å². The summed E-state index contributed by atoms with van der Waals surface area (Å²) in [6, 6.07) is 13.5. The molecule has 10 heteroatoms. The van der Waals surface area contributed by atoms with Crippen molar-refractivity contribution >= 4 is 51.4 Å². The molecule has 0 aliphatic rings. The predicted octanol–water partition coefficient (Wildman–Crippen LogP) is 4.77. The van der Waals surface area contributed by atoms with Gasteiger partial charge < -0.3 is 24.8 Å². The summed E-state index contributed by atoms with van der Waals surface area (Å²) < 4.78 is 15.5. The van der Waals surface area contributed by atoms with Crippen molar-refractivity contribution in [1.29, 1.82) is 0 Å². The Morgan fingerprint density at radius 2 is 1.70 bits per heavy atom. The van der Waals surface area contributed by atoms with Crippen molar-refractivity contribution in [2.24, 2.45) is 0 Å². The third-order valence-electron chi connectivity index (χ3n) is 4.53. The van der Waals surface area contributed by atoms with Crippen LogP contribution in [-0.4, -0.2) is 38.6 Å². The molecule has 33 heavy (non-hydrogen) atoms. The molecule has 0 saturated carbocycles. The van der Waals surface area contributed by atoms with E-state index in [2.05, 4.69) is 10.6 Å². The number of nitrogens with one attached hydrogen (secondary N) is 2. The van der Waals surface area contributed by atoms with Gasteiger partial charge in [0.25, 0.3) is 11.8 Å². The maximum Gasteiger partial charge on any atom is 0.341 e. The Morgan fingerprint density at radius 1 is 1.00 bits per heavy atom. The van der Waals surface area contributed by atoms with Gasteiger partial charge in [-0.25, -0.2) is 4.79 Å². The van der Waals surface area contributed by atoms with Gasteiger partial charge in [-0.2, -0.15) is 0 Å². The first kappa shape index (κ1) is 24.1. The van der Waals surface area contributed by atoms with Crippen LogP contribution in [0.3, 0.4) is 0 Å². The third-order valence-corrected chi connectivity index (χ3v) is 5.99. The zero-order chi connectivity index (χ0) is 24.0. The zero-order valence-electron chi connectivity index (χ0n) is 18.1.